The molecule has 1 amide bonds. The highest BCUT2D eigenvalue weighted by Gasteiger charge is 2.29. The van der Waals surface area contributed by atoms with Crippen molar-refractivity contribution in [2.45, 2.75) is 23.6 Å². The maximum atomic E-state index is 12.5. The lowest BCUT2D eigenvalue weighted by Gasteiger charge is -2.08. The van der Waals surface area contributed by atoms with Gasteiger partial charge < -0.3 is 14.3 Å². The Labute approximate surface area is 157 Å². The summed E-state index contributed by atoms with van der Waals surface area (Å²) in [4.78, 5) is 16.3. The summed E-state index contributed by atoms with van der Waals surface area (Å²) in [6.07, 6.45) is -0.839. The molecule has 0 aliphatic carbocycles. The SMILES string of the molecule is Cn1ccnc1SCc1ccc(C(=O)NCc2ccc(C(F)(F)F)cc2)o1. The van der Waals surface area contributed by atoms with Crippen molar-refractivity contribution in [3.8, 4) is 0 Å². The highest BCUT2D eigenvalue weighted by molar-refractivity contribution is 7.98. The summed E-state index contributed by atoms with van der Waals surface area (Å²) in [7, 11) is 1.89. The number of aryl methyl sites for hydroxylation is 1. The molecule has 9 heteroatoms. The lowest BCUT2D eigenvalue weighted by Crippen LogP contribution is -2.22. The molecule has 0 saturated carbocycles. The van der Waals surface area contributed by atoms with Gasteiger partial charge in [0.2, 0.25) is 0 Å². The minimum Gasteiger partial charge on any atom is -0.455 e. The number of halogens is 3. The van der Waals surface area contributed by atoms with E-state index in [1.807, 2.05) is 17.8 Å². The number of furan rings is 1. The molecule has 0 atom stereocenters. The van der Waals surface area contributed by atoms with Crippen LogP contribution < -0.4 is 5.32 Å². The van der Waals surface area contributed by atoms with Crippen LogP contribution in [0, 0.1) is 0 Å². The van der Waals surface area contributed by atoms with Gasteiger partial charge in [-0.1, -0.05) is 23.9 Å². The molecule has 0 aliphatic rings. The first kappa shape index (κ1) is 19.1. The Morgan fingerprint density at radius 2 is 1.96 bits per heavy atom. The van der Waals surface area contributed by atoms with Gasteiger partial charge in [-0.3, -0.25) is 4.79 Å². The first-order valence-corrected chi connectivity index (χ1v) is 8.94. The quantitative estimate of drug-likeness (QED) is 0.634. The molecule has 2 heterocycles. The monoisotopic (exact) mass is 395 g/mol. The molecule has 3 rings (SSSR count). The average molecular weight is 395 g/mol. The molecule has 0 unspecified atom stereocenters. The number of hydrogen-bond donors (Lipinski definition) is 1. The molecule has 0 spiro atoms. The first-order valence-electron chi connectivity index (χ1n) is 7.96. The van der Waals surface area contributed by atoms with E-state index in [1.54, 1.807) is 18.3 Å². The zero-order chi connectivity index (χ0) is 19.4. The van der Waals surface area contributed by atoms with E-state index >= 15 is 0 Å². The number of aromatic nitrogens is 2. The van der Waals surface area contributed by atoms with Gasteiger partial charge in [-0.25, -0.2) is 4.98 Å². The Morgan fingerprint density at radius 3 is 2.59 bits per heavy atom. The van der Waals surface area contributed by atoms with E-state index in [1.165, 1.54) is 23.9 Å². The Kier molecular flexibility index (Phi) is 5.59. The number of nitrogens with one attached hydrogen (secondary N) is 1. The van der Waals surface area contributed by atoms with Crippen molar-refractivity contribution in [2.24, 2.45) is 7.05 Å². The van der Waals surface area contributed by atoms with E-state index in [4.69, 9.17) is 4.42 Å². The molecule has 142 valence electrons. The second-order valence-electron chi connectivity index (χ2n) is 5.75. The van der Waals surface area contributed by atoms with Gasteiger partial charge in [0.1, 0.15) is 5.76 Å². The van der Waals surface area contributed by atoms with Crippen LogP contribution in [-0.4, -0.2) is 15.5 Å². The maximum absolute atomic E-state index is 12.5. The summed E-state index contributed by atoms with van der Waals surface area (Å²) in [6.45, 7) is 0.106. The highest BCUT2D eigenvalue weighted by Crippen LogP contribution is 2.29. The Balaban J connectivity index is 1.52. The zero-order valence-electron chi connectivity index (χ0n) is 14.3. The van der Waals surface area contributed by atoms with Crippen LogP contribution in [0.2, 0.25) is 0 Å². The molecule has 1 aromatic carbocycles. The average Bonchev–Trinajstić information content (AvgIpc) is 3.26. The summed E-state index contributed by atoms with van der Waals surface area (Å²) in [6, 6.07) is 7.92. The van der Waals surface area contributed by atoms with Gasteiger partial charge in [0.15, 0.2) is 10.9 Å². The van der Waals surface area contributed by atoms with Crippen molar-refractivity contribution in [1.82, 2.24) is 14.9 Å². The highest BCUT2D eigenvalue weighted by atomic mass is 32.2. The van der Waals surface area contributed by atoms with E-state index in [0.717, 1.165) is 17.3 Å². The van der Waals surface area contributed by atoms with Crippen molar-refractivity contribution in [2.75, 3.05) is 0 Å². The molecule has 0 radical (unpaired) electrons. The number of nitrogens with zero attached hydrogens (tertiary/aromatic N) is 2. The van der Waals surface area contributed by atoms with Crippen molar-refractivity contribution >= 4 is 17.7 Å². The van der Waals surface area contributed by atoms with Crippen molar-refractivity contribution in [1.29, 1.82) is 0 Å². The molecule has 0 aliphatic heterocycles. The zero-order valence-corrected chi connectivity index (χ0v) is 15.1. The first-order chi connectivity index (χ1) is 12.8. The van der Waals surface area contributed by atoms with E-state index < -0.39 is 17.6 Å². The molecular weight excluding hydrogens is 379 g/mol. The second-order valence-corrected chi connectivity index (χ2v) is 6.70. The van der Waals surface area contributed by atoms with Gasteiger partial charge in [0.05, 0.1) is 11.3 Å². The van der Waals surface area contributed by atoms with Crippen LogP contribution in [0.4, 0.5) is 13.2 Å². The number of carbonyl (C=O) groups excluding carboxylic acids is 1. The van der Waals surface area contributed by atoms with E-state index in [9.17, 15) is 18.0 Å². The smallest absolute Gasteiger partial charge is 0.416 e. The van der Waals surface area contributed by atoms with Crippen molar-refractivity contribution in [3.63, 3.8) is 0 Å². The molecule has 3 aromatic rings. The number of thioether (sulfide) groups is 1. The third-order valence-corrected chi connectivity index (χ3v) is 4.82. The number of imidazole rings is 1. The number of benzene rings is 1. The molecule has 1 N–H and O–H groups in total. The minimum absolute atomic E-state index is 0.106. The normalized spacial score (nSPS) is 11.6. The topological polar surface area (TPSA) is 60.1 Å². The van der Waals surface area contributed by atoms with Crippen LogP contribution in [0.15, 0.2) is 58.4 Å². The van der Waals surface area contributed by atoms with Gasteiger partial charge in [-0.15, -0.1) is 0 Å². The third kappa shape index (κ3) is 4.94. The molecular formula is C18H16F3N3O2S. The summed E-state index contributed by atoms with van der Waals surface area (Å²) in [5.74, 6) is 0.875. The fourth-order valence-corrected chi connectivity index (χ4v) is 3.11. The van der Waals surface area contributed by atoms with Crippen LogP contribution in [0.5, 0.6) is 0 Å². The minimum atomic E-state index is -4.38. The van der Waals surface area contributed by atoms with Crippen LogP contribution >= 0.6 is 11.8 Å². The molecule has 0 saturated heterocycles. The van der Waals surface area contributed by atoms with Gasteiger partial charge in [-0.2, -0.15) is 13.2 Å². The molecule has 0 bridgehead atoms. The molecule has 27 heavy (non-hydrogen) atoms. The van der Waals surface area contributed by atoms with Crippen LogP contribution in [0.3, 0.4) is 0 Å². The fourth-order valence-electron chi connectivity index (χ4n) is 2.29. The Morgan fingerprint density at radius 1 is 1.22 bits per heavy atom. The Bertz CT molecular complexity index is 917. The number of carbonyl (C=O) groups is 1. The van der Waals surface area contributed by atoms with Crippen LogP contribution in [0.25, 0.3) is 0 Å². The van der Waals surface area contributed by atoms with Crippen LogP contribution in [-0.2, 0) is 25.5 Å². The largest absolute Gasteiger partial charge is 0.455 e. The van der Waals surface area contributed by atoms with E-state index in [-0.39, 0.29) is 12.3 Å². The standard InChI is InChI=1S/C18H16F3N3O2S/c1-24-9-8-22-17(24)27-11-14-6-7-15(26-14)16(25)23-10-12-2-4-13(5-3-12)18(19,20)21/h2-9H,10-11H2,1H3,(H,23,25). The summed E-state index contributed by atoms with van der Waals surface area (Å²) in [5, 5.41) is 3.46. The fraction of sp³-hybridized carbons (Fsp3) is 0.222. The molecule has 0 fully saturated rings. The number of amides is 1. The van der Waals surface area contributed by atoms with Crippen LogP contribution in [0.1, 0.15) is 27.4 Å². The van der Waals surface area contributed by atoms with Gasteiger partial charge in [0.25, 0.3) is 5.91 Å². The number of rotatable bonds is 6. The van der Waals surface area contributed by atoms with Gasteiger partial charge in [-0.05, 0) is 29.8 Å². The maximum Gasteiger partial charge on any atom is 0.416 e. The van der Waals surface area contributed by atoms with Gasteiger partial charge in [0, 0.05) is 26.0 Å². The predicted octanol–water partition coefficient (Wildman–Crippen LogP) is 4.25. The van der Waals surface area contributed by atoms with E-state index in [2.05, 4.69) is 10.3 Å². The molecule has 5 nitrogen and oxygen atoms in total. The lowest BCUT2D eigenvalue weighted by atomic mass is 10.1. The Hall–Kier alpha value is -2.68. The number of alkyl halides is 3. The van der Waals surface area contributed by atoms with E-state index in [0.29, 0.717) is 17.1 Å². The van der Waals surface area contributed by atoms with Crippen molar-refractivity contribution < 1.29 is 22.4 Å². The second kappa shape index (κ2) is 7.91. The lowest BCUT2D eigenvalue weighted by molar-refractivity contribution is -0.137. The third-order valence-electron chi connectivity index (χ3n) is 3.74. The summed E-state index contributed by atoms with van der Waals surface area (Å²) in [5.41, 5.74) is -0.160. The molecule has 2 aromatic heterocycles. The van der Waals surface area contributed by atoms with Crippen molar-refractivity contribution in [3.05, 3.63) is 71.4 Å². The number of hydrogen-bond acceptors (Lipinski definition) is 4. The summed E-state index contributed by atoms with van der Waals surface area (Å²) < 4.78 is 45.0. The van der Waals surface area contributed by atoms with Gasteiger partial charge >= 0.3 is 6.18 Å². The summed E-state index contributed by atoms with van der Waals surface area (Å²) >= 11 is 1.48. The predicted molar refractivity (Wildman–Crippen MR) is 94.1 cm³/mol.